The predicted molar refractivity (Wildman–Crippen MR) is 77.2 cm³/mol. The van der Waals surface area contributed by atoms with E-state index in [4.69, 9.17) is 0 Å². The topological polar surface area (TPSA) is 12.0 Å². The fourth-order valence-electron chi connectivity index (χ4n) is 3.19. The Hall–Kier alpha value is -0.0400. The largest absolute Gasteiger partial charge is 0.314 e. The lowest BCUT2D eigenvalue weighted by molar-refractivity contribution is 0.167. The molecule has 0 aromatic rings. The van der Waals surface area contributed by atoms with E-state index in [1.807, 2.05) is 0 Å². The first-order chi connectivity index (χ1) is 8.04. The van der Waals surface area contributed by atoms with Gasteiger partial charge in [-0.1, -0.05) is 53.9 Å². The van der Waals surface area contributed by atoms with Crippen LogP contribution in [-0.4, -0.2) is 12.6 Å². The Morgan fingerprint density at radius 3 is 2.06 bits per heavy atom. The minimum atomic E-state index is 0.625. The molecular weight excluding hydrogens is 206 g/mol. The molecule has 2 atom stereocenters. The van der Waals surface area contributed by atoms with Gasteiger partial charge in [-0.15, -0.1) is 0 Å². The molecule has 0 heterocycles. The monoisotopic (exact) mass is 239 g/mol. The van der Waals surface area contributed by atoms with Crippen molar-refractivity contribution >= 4 is 0 Å². The SMILES string of the molecule is CCC1CCC(C(C)C(C)CNC(C)C)CC1. The molecule has 1 N–H and O–H groups in total. The zero-order valence-corrected chi connectivity index (χ0v) is 12.6. The Bertz CT molecular complexity index is 192. The molecule has 2 unspecified atom stereocenters. The maximum absolute atomic E-state index is 3.59. The predicted octanol–water partition coefficient (Wildman–Crippen LogP) is 4.47. The Labute approximate surface area is 109 Å². The Balaban J connectivity index is 2.29. The van der Waals surface area contributed by atoms with Gasteiger partial charge in [-0.05, 0) is 43.1 Å². The van der Waals surface area contributed by atoms with Crippen LogP contribution in [-0.2, 0) is 0 Å². The van der Waals surface area contributed by atoms with Crippen molar-refractivity contribution in [3.63, 3.8) is 0 Å². The second kappa shape index (κ2) is 7.41. The van der Waals surface area contributed by atoms with Gasteiger partial charge in [-0.25, -0.2) is 0 Å². The molecule has 0 aromatic heterocycles. The minimum Gasteiger partial charge on any atom is -0.314 e. The first-order valence-corrected chi connectivity index (χ1v) is 7.77. The first kappa shape index (κ1) is 15.0. The quantitative estimate of drug-likeness (QED) is 0.721. The van der Waals surface area contributed by atoms with E-state index in [1.165, 1.54) is 38.6 Å². The van der Waals surface area contributed by atoms with Crippen LogP contribution >= 0.6 is 0 Å². The molecule has 1 fully saturated rings. The lowest BCUT2D eigenvalue weighted by Gasteiger charge is -2.35. The molecule has 1 rings (SSSR count). The lowest BCUT2D eigenvalue weighted by atomic mass is 9.72. The van der Waals surface area contributed by atoms with E-state index in [2.05, 4.69) is 39.9 Å². The average molecular weight is 239 g/mol. The lowest BCUT2D eigenvalue weighted by Crippen LogP contribution is -2.33. The van der Waals surface area contributed by atoms with Gasteiger partial charge in [0.25, 0.3) is 0 Å². The van der Waals surface area contributed by atoms with E-state index in [9.17, 15) is 0 Å². The molecule has 0 bridgehead atoms. The third-order valence-corrected chi connectivity index (χ3v) is 4.96. The van der Waals surface area contributed by atoms with Crippen molar-refractivity contribution in [1.82, 2.24) is 5.32 Å². The zero-order chi connectivity index (χ0) is 12.8. The van der Waals surface area contributed by atoms with Crippen molar-refractivity contribution in [1.29, 1.82) is 0 Å². The van der Waals surface area contributed by atoms with Crippen molar-refractivity contribution in [2.75, 3.05) is 6.54 Å². The minimum absolute atomic E-state index is 0.625. The fourth-order valence-corrected chi connectivity index (χ4v) is 3.19. The van der Waals surface area contributed by atoms with Crippen LogP contribution in [0.1, 0.15) is 66.7 Å². The van der Waals surface area contributed by atoms with E-state index in [-0.39, 0.29) is 0 Å². The molecular formula is C16H33N. The number of rotatable bonds is 6. The number of hydrogen-bond acceptors (Lipinski definition) is 1. The number of hydrogen-bond donors (Lipinski definition) is 1. The third-order valence-electron chi connectivity index (χ3n) is 4.96. The zero-order valence-electron chi connectivity index (χ0n) is 12.6. The molecule has 102 valence electrons. The Morgan fingerprint density at radius 2 is 1.59 bits per heavy atom. The summed E-state index contributed by atoms with van der Waals surface area (Å²) >= 11 is 0. The highest BCUT2D eigenvalue weighted by atomic mass is 14.9. The molecule has 1 nitrogen and oxygen atoms in total. The molecule has 0 radical (unpaired) electrons. The molecule has 17 heavy (non-hydrogen) atoms. The third kappa shape index (κ3) is 4.99. The van der Waals surface area contributed by atoms with Gasteiger partial charge in [-0.3, -0.25) is 0 Å². The summed E-state index contributed by atoms with van der Waals surface area (Å²) in [5.74, 6) is 3.73. The van der Waals surface area contributed by atoms with E-state index in [0.29, 0.717) is 6.04 Å². The van der Waals surface area contributed by atoms with Crippen LogP contribution in [0, 0.1) is 23.7 Å². The highest BCUT2D eigenvalue weighted by molar-refractivity contribution is 4.79. The molecule has 0 spiro atoms. The summed E-state index contributed by atoms with van der Waals surface area (Å²) < 4.78 is 0. The Morgan fingerprint density at radius 1 is 1.00 bits per heavy atom. The summed E-state index contributed by atoms with van der Waals surface area (Å²) in [5, 5.41) is 3.59. The van der Waals surface area contributed by atoms with Crippen LogP contribution in [0.15, 0.2) is 0 Å². The van der Waals surface area contributed by atoms with Gasteiger partial charge in [0.2, 0.25) is 0 Å². The highest BCUT2D eigenvalue weighted by Crippen LogP contribution is 2.37. The van der Waals surface area contributed by atoms with Crippen LogP contribution in [0.4, 0.5) is 0 Å². The highest BCUT2D eigenvalue weighted by Gasteiger charge is 2.27. The van der Waals surface area contributed by atoms with Crippen molar-refractivity contribution in [3.05, 3.63) is 0 Å². The second-order valence-electron chi connectivity index (χ2n) is 6.59. The molecule has 1 saturated carbocycles. The molecule has 0 aromatic carbocycles. The average Bonchev–Trinajstić information content (AvgIpc) is 2.35. The van der Waals surface area contributed by atoms with E-state index < -0.39 is 0 Å². The van der Waals surface area contributed by atoms with Crippen LogP contribution < -0.4 is 5.32 Å². The van der Waals surface area contributed by atoms with Crippen molar-refractivity contribution in [3.8, 4) is 0 Å². The summed E-state index contributed by atoms with van der Waals surface area (Å²) in [6.07, 6.45) is 7.31. The normalized spacial score (nSPS) is 29.3. The molecule has 1 heteroatoms. The van der Waals surface area contributed by atoms with Crippen molar-refractivity contribution < 1.29 is 0 Å². The molecule has 0 saturated heterocycles. The molecule has 1 aliphatic rings. The van der Waals surface area contributed by atoms with Gasteiger partial charge >= 0.3 is 0 Å². The molecule has 1 aliphatic carbocycles. The van der Waals surface area contributed by atoms with Gasteiger partial charge in [-0.2, -0.15) is 0 Å². The number of nitrogens with one attached hydrogen (secondary N) is 1. The van der Waals surface area contributed by atoms with Crippen LogP contribution in [0.25, 0.3) is 0 Å². The standard InChI is InChI=1S/C16H33N/c1-6-15-7-9-16(10-8-15)14(5)13(4)11-17-12(2)3/h12-17H,6-11H2,1-5H3. The van der Waals surface area contributed by atoms with Gasteiger partial charge in [0.15, 0.2) is 0 Å². The first-order valence-electron chi connectivity index (χ1n) is 7.77. The summed E-state index contributed by atoms with van der Waals surface area (Å²) in [4.78, 5) is 0. The summed E-state index contributed by atoms with van der Waals surface area (Å²) in [5.41, 5.74) is 0. The van der Waals surface area contributed by atoms with Crippen LogP contribution in [0.3, 0.4) is 0 Å². The molecule has 0 amide bonds. The Kier molecular flexibility index (Phi) is 6.54. The van der Waals surface area contributed by atoms with Crippen molar-refractivity contribution in [2.45, 2.75) is 72.8 Å². The van der Waals surface area contributed by atoms with E-state index in [1.54, 1.807) is 0 Å². The fraction of sp³-hybridized carbons (Fsp3) is 1.00. The van der Waals surface area contributed by atoms with Gasteiger partial charge in [0, 0.05) is 6.04 Å². The van der Waals surface area contributed by atoms with E-state index in [0.717, 1.165) is 23.7 Å². The smallest absolute Gasteiger partial charge is 0.00104 e. The van der Waals surface area contributed by atoms with Crippen LogP contribution in [0.5, 0.6) is 0 Å². The summed E-state index contributed by atoms with van der Waals surface area (Å²) in [6, 6.07) is 0.625. The second-order valence-corrected chi connectivity index (χ2v) is 6.59. The van der Waals surface area contributed by atoms with Crippen LogP contribution in [0.2, 0.25) is 0 Å². The molecule has 0 aliphatic heterocycles. The van der Waals surface area contributed by atoms with E-state index >= 15 is 0 Å². The maximum atomic E-state index is 3.59. The van der Waals surface area contributed by atoms with Gasteiger partial charge < -0.3 is 5.32 Å². The maximum Gasteiger partial charge on any atom is 0.00104 e. The summed E-state index contributed by atoms with van der Waals surface area (Å²) in [6.45, 7) is 12.9. The van der Waals surface area contributed by atoms with Gasteiger partial charge in [0.1, 0.15) is 0 Å². The van der Waals surface area contributed by atoms with Gasteiger partial charge in [0.05, 0.1) is 0 Å². The summed E-state index contributed by atoms with van der Waals surface area (Å²) in [7, 11) is 0. The van der Waals surface area contributed by atoms with Crippen molar-refractivity contribution in [2.24, 2.45) is 23.7 Å².